The molecule has 0 bridgehead atoms. The van der Waals surface area contributed by atoms with Gasteiger partial charge in [0.2, 0.25) is 6.79 Å². The number of methoxy groups -OCH3 is 1. The lowest BCUT2D eigenvalue weighted by atomic mass is 9.94. The predicted molar refractivity (Wildman–Crippen MR) is 140 cm³/mol. The second-order valence-electron chi connectivity index (χ2n) is 8.86. The topological polar surface area (TPSA) is 141 Å². The van der Waals surface area contributed by atoms with Crippen LogP contribution in [0.25, 0.3) is 0 Å². The van der Waals surface area contributed by atoms with E-state index in [1.807, 2.05) is 6.07 Å². The number of hydrogen-bond acceptors (Lipinski definition) is 9. The average Bonchev–Trinajstić information content (AvgIpc) is 3.45. The Bertz CT molecular complexity index is 1440. The first-order valence-electron chi connectivity index (χ1n) is 12.5. The summed E-state index contributed by atoms with van der Waals surface area (Å²) in [5, 5.41) is 5.52. The van der Waals surface area contributed by atoms with Gasteiger partial charge in [0.25, 0.3) is 5.91 Å². The van der Waals surface area contributed by atoms with E-state index in [0.29, 0.717) is 22.8 Å². The van der Waals surface area contributed by atoms with Crippen molar-refractivity contribution < 1.29 is 33.3 Å². The van der Waals surface area contributed by atoms with Crippen LogP contribution in [-0.2, 0) is 16.1 Å². The van der Waals surface area contributed by atoms with Crippen LogP contribution in [0.4, 0.5) is 4.79 Å². The number of carbonyl (C=O) groups excluding carboxylic acids is 3. The molecule has 3 amide bonds. The third kappa shape index (κ3) is 5.65. The Morgan fingerprint density at radius 1 is 1.07 bits per heavy atom. The van der Waals surface area contributed by atoms with Crippen molar-refractivity contribution in [3.05, 3.63) is 89.1 Å². The number of nitrogens with one attached hydrogen (secondary N) is 2. The summed E-state index contributed by atoms with van der Waals surface area (Å²) >= 11 is 0. The Morgan fingerprint density at radius 2 is 1.88 bits per heavy atom. The van der Waals surface area contributed by atoms with Gasteiger partial charge in [-0.05, 0) is 42.3 Å². The van der Waals surface area contributed by atoms with Crippen LogP contribution in [0.5, 0.6) is 17.2 Å². The van der Waals surface area contributed by atoms with Crippen LogP contribution < -0.4 is 24.8 Å². The van der Waals surface area contributed by atoms with E-state index in [1.165, 1.54) is 23.5 Å². The summed E-state index contributed by atoms with van der Waals surface area (Å²) < 4.78 is 21.5. The van der Waals surface area contributed by atoms with Gasteiger partial charge in [-0.1, -0.05) is 18.2 Å². The molecule has 0 spiro atoms. The van der Waals surface area contributed by atoms with Crippen molar-refractivity contribution in [3.8, 4) is 17.2 Å². The van der Waals surface area contributed by atoms with E-state index >= 15 is 0 Å². The van der Waals surface area contributed by atoms with Crippen molar-refractivity contribution in [2.45, 2.75) is 19.5 Å². The van der Waals surface area contributed by atoms with Gasteiger partial charge >= 0.3 is 12.0 Å². The summed E-state index contributed by atoms with van der Waals surface area (Å²) in [6, 6.07) is 11.0. The van der Waals surface area contributed by atoms with Crippen molar-refractivity contribution in [2.75, 3.05) is 27.1 Å². The maximum Gasteiger partial charge on any atom is 0.338 e. The normalized spacial score (nSPS) is 15.7. The molecule has 2 aromatic carbocycles. The second kappa shape index (κ2) is 11.7. The van der Waals surface area contributed by atoms with Crippen molar-refractivity contribution >= 4 is 17.9 Å². The van der Waals surface area contributed by atoms with Gasteiger partial charge in [0.1, 0.15) is 11.4 Å². The zero-order chi connectivity index (χ0) is 28.1. The minimum Gasteiger partial charge on any atom is -0.497 e. The zero-order valence-corrected chi connectivity index (χ0v) is 21.9. The lowest BCUT2D eigenvalue weighted by Gasteiger charge is -2.32. The van der Waals surface area contributed by atoms with Crippen LogP contribution in [0.1, 0.15) is 34.6 Å². The lowest BCUT2D eigenvalue weighted by molar-refractivity contribution is -0.139. The third-order valence-electron chi connectivity index (χ3n) is 6.33. The largest absolute Gasteiger partial charge is 0.497 e. The van der Waals surface area contributed by atoms with Crippen LogP contribution in [0.15, 0.2) is 72.3 Å². The number of aromatic nitrogens is 2. The number of carbonyl (C=O) groups is 3. The Hall–Kier alpha value is -5.13. The van der Waals surface area contributed by atoms with Crippen LogP contribution in [0.2, 0.25) is 0 Å². The Labute approximate surface area is 229 Å². The molecule has 0 saturated heterocycles. The fourth-order valence-corrected chi connectivity index (χ4v) is 4.46. The summed E-state index contributed by atoms with van der Waals surface area (Å²) in [7, 11) is 1.55. The monoisotopic (exact) mass is 545 g/mol. The summed E-state index contributed by atoms with van der Waals surface area (Å²) in [6.07, 6.45) is 4.24. The van der Waals surface area contributed by atoms with Crippen LogP contribution in [0, 0.1) is 0 Å². The molecule has 5 rings (SSSR count). The first kappa shape index (κ1) is 26.5. The molecule has 12 heteroatoms. The van der Waals surface area contributed by atoms with Gasteiger partial charge in [-0.2, -0.15) is 0 Å². The van der Waals surface area contributed by atoms with Crippen molar-refractivity contribution in [1.82, 2.24) is 25.5 Å². The number of benzene rings is 2. The van der Waals surface area contributed by atoms with E-state index in [9.17, 15) is 14.4 Å². The molecule has 0 saturated carbocycles. The first-order chi connectivity index (χ1) is 19.5. The van der Waals surface area contributed by atoms with Gasteiger partial charge in [-0.3, -0.25) is 9.78 Å². The van der Waals surface area contributed by atoms with Gasteiger partial charge in [-0.25, -0.2) is 14.6 Å². The molecule has 3 heterocycles. The Kier molecular flexibility index (Phi) is 7.76. The first-order valence-corrected chi connectivity index (χ1v) is 12.5. The molecule has 206 valence electrons. The number of rotatable bonds is 9. The van der Waals surface area contributed by atoms with Gasteiger partial charge in [0, 0.05) is 18.9 Å². The number of fused-ring (bicyclic) bond motifs is 1. The third-order valence-corrected chi connectivity index (χ3v) is 6.33. The number of hydrogen-bond donors (Lipinski definition) is 2. The minimum atomic E-state index is -0.826. The van der Waals surface area contributed by atoms with E-state index in [-0.39, 0.29) is 43.5 Å². The maximum absolute atomic E-state index is 13.6. The molecule has 1 atom stereocenters. The summed E-state index contributed by atoms with van der Waals surface area (Å²) in [5.41, 5.74) is 1.88. The molecule has 2 aliphatic heterocycles. The average molecular weight is 546 g/mol. The highest BCUT2D eigenvalue weighted by Crippen LogP contribution is 2.34. The summed E-state index contributed by atoms with van der Waals surface area (Å²) in [5.74, 6) is 0.716. The summed E-state index contributed by atoms with van der Waals surface area (Å²) in [4.78, 5) is 49.4. The molecule has 3 aromatic rings. The fourth-order valence-electron chi connectivity index (χ4n) is 4.46. The minimum absolute atomic E-state index is 0.105. The van der Waals surface area contributed by atoms with E-state index in [2.05, 4.69) is 20.6 Å². The van der Waals surface area contributed by atoms with E-state index in [1.54, 1.807) is 50.4 Å². The SMILES string of the molecule is CCOC(=O)C1=C(CN(Cc2ccc3c(c2)OCO3)C(=O)c2cnccn2)NC(=O)N[C@@H]1c1ccc(OC)cc1. The standard InChI is InChI=1S/C28H27N5O7/c1-3-38-27(35)24-21(31-28(36)32-25(24)18-5-7-19(37-2)8-6-18)15-33(26(34)20-13-29-10-11-30-20)14-17-4-9-22-23(12-17)40-16-39-22/h4-13,25H,3,14-16H2,1-2H3,(H2,31,32,36)/t25-/m1/s1. The molecular weight excluding hydrogens is 518 g/mol. The van der Waals surface area contributed by atoms with Gasteiger partial charge in [0.05, 0.1) is 43.8 Å². The summed E-state index contributed by atoms with van der Waals surface area (Å²) in [6.45, 7) is 1.92. The molecule has 0 fully saturated rings. The van der Waals surface area contributed by atoms with Gasteiger partial charge < -0.3 is 34.5 Å². The number of amides is 3. The fraction of sp³-hybridized carbons (Fsp3) is 0.250. The molecule has 0 unspecified atom stereocenters. The lowest BCUT2D eigenvalue weighted by Crippen LogP contribution is -2.49. The molecule has 12 nitrogen and oxygen atoms in total. The highest BCUT2D eigenvalue weighted by molar-refractivity contribution is 5.96. The van der Waals surface area contributed by atoms with E-state index in [0.717, 1.165) is 5.56 Å². The number of esters is 1. The number of ether oxygens (including phenoxy) is 4. The Morgan fingerprint density at radius 3 is 2.60 bits per heavy atom. The molecule has 1 aromatic heterocycles. The van der Waals surface area contributed by atoms with Gasteiger partial charge in [0.15, 0.2) is 11.5 Å². The smallest absolute Gasteiger partial charge is 0.338 e. The molecule has 0 radical (unpaired) electrons. The second-order valence-corrected chi connectivity index (χ2v) is 8.86. The van der Waals surface area contributed by atoms with Crippen molar-refractivity contribution in [3.63, 3.8) is 0 Å². The van der Waals surface area contributed by atoms with Crippen LogP contribution in [-0.4, -0.2) is 59.8 Å². The highest BCUT2D eigenvalue weighted by atomic mass is 16.7. The van der Waals surface area contributed by atoms with E-state index < -0.39 is 23.9 Å². The molecule has 0 aliphatic carbocycles. The van der Waals surface area contributed by atoms with Crippen molar-refractivity contribution in [2.24, 2.45) is 0 Å². The quantitative estimate of drug-likeness (QED) is 0.388. The molecule has 2 aliphatic rings. The van der Waals surface area contributed by atoms with Crippen LogP contribution in [0.3, 0.4) is 0 Å². The van der Waals surface area contributed by atoms with Crippen molar-refractivity contribution in [1.29, 1.82) is 0 Å². The molecular formula is C28H27N5O7. The highest BCUT2D eigenvalue weighted by Gasteiger charge is 2.35. The number of urea groups is 1. The Balaban J connectivity index is 1.55. The zero-order valence-electron chi connectivity index (χ0n) is 21.9. The predicted octanol–water partition coefficient (Wildman–Crippen LogP) is 2.73. The van der Waals surface area contributed by atoms with E-state index in [4.69, 9.17) is 18.9 Å². The van der Waals surface area contributed by atoms with Crippen LogP contribution >= 0.6 is 0 Å². The molecule has 2 N–H and O–H groups in total. The number of nitrogens with zero attached hydrogens (tertiary/aromatic N) is 3. The maximum atomic E-state index is 13.6. The van der Waals surface area contributed by atoms with Gasteiger partial charge in [-0.15, -0.1) is 0 Å². The molecule has 40 heavy (non-hydrogen) atoms.